The molecule has 0 aromatic carbocycles. The van der Waals surface area contributed by atoms with Crippen LogP contribution in [-0.2, 0) is 18.9 Å². The van der Waals surface area contributed by atoms with Gasteiger partial charge < -0.3 is 29.4 Å². The van der Waals surface area contributed by atoms with Gasteiger partial charge in [0.25, 0.3) is 0 Å². The van der Waals surface area contributed by atoms with Crippen molar-refractivity contribution < 1.29 is 24.1 Å². The fraction of sp³-hybridized carbons (Fsp3) is 1.00. The number of hydrogen-bond donors (Lipinski definition) is 2. The van der Waals surface area contributed by atoms with E-state index in [4.69, 9.17) is 24.1 Å². The maximum absolute atomic E-state index is 8.58. The second-order valence-corrected chi connectivity index (χ2v) is 10.3. The molecule has 0 aliphatic carbocycles. The molecule has 2 N–H and O–H groups in total. The van der Waals surface area contributed by atoms with E-state index in [0.29, 0.717) is 46.2 Å². The molecular weight excluding hydrogens is 466 g/mol. The lowest BCUT2D eigenvalue weighted by molar-refractivity contribution is -0.00518. The van der Waals surface area contributed by atoms with Crippen LogP contribution in [0.3, 0.4) is 0 Å². The van der Waals surface area contributed by atoms with Gasteiger partial charge in [0.05, 0.1) is 59.5 Å². The molecule has 0 amide bonds. The lowest BCUT2D eigenvalue weighted by Crippen LogP contribution is -2.22. The van der Waals surface area contributed by atoms with Crippen LogP contribution in [0, 0.1) is 0 Å². The zero-order valence-electron chi connectivity index (χ0n) is 24.8. The van der Waals surface area contributed by atoms with Gasteiger partial charge in [-0.15, -0.1) is 0 Å². The standard InChI is InChI=1S/C31H65NO5/c1-2-3-4-5-6-7-8-9-10-11-12-13-14-15-16-17-18-19-20-21-32-22-24-34-26-28-36-30-31-37-29-27-35-25-23-33/h32-33H,2-31H2,1H3. The van der Waals surface area contributed by atoms with Gasteiger partial charge in [0.1, 0.15) is 0 Å². The van der Waals surface area contributed by atoms with Gasteiger partial charge in [-0.25, -0.2) is 0 Å². The molecule has 0 heterocycles. The Hall–Kier alpha value is -0.240. The molecule has 0 fully saturated rings. The van der Waals surface area contributed by atoms with Crippen molar-refractivity contribution in [2.45, 2.75) is 129 Å². The summed E-state index contributed by atoms with van der Waals surface area (Å²) in [6, 6.07) is 0. The molecule has 0 atom stereocenters. The van der Waals surface area contributed by atoms with E-state index >= 15 is 0 Å². The molecule has 0 bridgehead atoms. The van der Waals surface area contributed by atoms with E-state index in [2.05, 4.69) is 12.2 Å². The molecular formula is C31H65NO5. The first kappa shape index (κ1) is 36.8. The maximum atomic E-state index is 8.58. The Labute approximate surface area is 230 Å². The van der Waals surface area contributed by atoms with Gasteiger partial charge in [-0.3, -0.25) is 0 Å². The normalized spacial score (nSPS) is 11.5. The third-order valence-electron chi connectivity index (χ3n) is 6.73. The van der Waals surface area contributed by atoms with Crippen molar-refractivity contribution in [3.05, 3.63) is 0 Å². The minimum Gasteiger partial charge on any atom is -0.394 e. The highest BCUT2D eigenvalue weighted by molar-refractivity contribution is 4.52. The highest BCUT2D eigenvalue weighted by Crippen LogP contribution is 2.14. The highest BCUT2D eigenvalue weighted by Gasteiger charge is 1.96. The van der Waals surface area contributed by atoms with Gasteiger partial charge in [0.2, 0.25) is 0 Å². The largest absolute Gasteiger partial charge is 0.394 e. The van der Waals surface area contributed by atoms with E-state index in [-0.39, 0.29) is 6.61 Å². The number of aliphatic hydroxyl groups is 1. The van der Waals surface area contributed by atoms with Gasteiger partial charge in [0, 0.05) is 6.54 Å². The Balaban J connectivity index is 3.00. The van der Waals surface area contributed by atoms with E-state index in [0.717, 1.165) is 19.7 Å². The minimum atomic E-state index is 0.0538. The first-order chi connectivity index (χ1) is 18.4. The van der Waals surface area contributed by atoms with E-state index in [1.807, 2.05) is 0 Å². The van der Waals surface area contributed by atoms with Crippen LogP contribution in [-0.4, -0.2) is 77.7 Å². The lowest BCUT2D eigenvalue weighted by atomic mass is 10.0. The first-order valence-electron chi connectivity index (χ1n) is 16.0. The van der Waals surface area contributed by atoms with Gasteiger partial charge in [-0.05, 0) is 13.0 Å². The number of nitrogens with one attached hydrogen (secondary N) is 1. The lowest BCUT2D eigenvalue weighted by Gasteiger charge is -2.08. The summed E-state index contributed by atoms with van der Waals surface area (Å²) in [6.07, 6.45) is 27.1. The SMILES string of the molecule is CCCCCCCCCCCCCCCCCCCCCNCCOCCOCCOCCOCCO. The predicted octanol–water partition coefficient (Wildman–Crippen LogP) is 7.07. The van der Waals surface area contributed by atoms with Gasteiger partial charge in [-0.2, -0.15) is 0 Å². The molecule has 0 saturated carbocycles. The molecule has 0 radical (unpaired) electrons. The van der Waals surface area contributed by atoms with Crippen LogP contribution >= 0.6 is 0 Å². The number of rotatable bonds is 34. The van der Waals surface area contributed by atoms with Crippen LogP contribution in [0.15, 0.2) is 0 Å². The molecule has 0 spiro atoms. The van der Waals surface area contributed by atoms with E-state index in [1.165, 1.54) is 122 Å². The van der Waals surface area contributed by atoms with Gasteiger partial charge >= 0.3 is 0 Å². The van der Waals surface area contributed by atoms with Gasteiger partial charge in [-0.1, -0.05) is 122 Å². The average molecular weight is 532 g/mol. The molecule has 37 heavy (non-hydrogen) atoms. The van der Waals surface area contributed by atoms with Crippen molar-refractivity contribution >= 4 is 0 Å². The third kappa shape index (κ3) is 35.8. The first-order valence-corrected chi connectivity index (χ1v) is 16.0. The monoisotopic (exact) mass is 531 g/mol. The third-order valence-corrected chi connectivity index (χ3v) is 6.73. The second-order valence-electron chi connectivity index (χ2n) is 10.3. The second kappa shape index (κ2) is 35.8. The van der Waals surface area contributed by atoms with Crippen LogP contribution in [0.5, 0.6) is 0 Å². The van der Waals surface area contributed by atoms with Crippen LogP contribution in [0.1, 0.15) is 129 Å². The molecule has 6 nitrogen and oxygen atoms in total. The summed E-state index contributed by atoms with van der Waals surface area (Å²) in [5, 5.41) is 12.0. The topological polar surface area (TPSA) is 69.2 Å². The molecule has 0 rings (SSSR count). The zero-order chi connectivity index (χ0) is 26.7. The van der Waals surface area contributed by atoms with E-state index in [9.17, 15) is 0 Å². The quantitative estimate of drug-likeness (QED) is 0.0866. The molecule has 0 aromatic heterocycles. The maximum Gasteiger partial charge on any atom is 0.0701 e. The van der Waals surface area contributed by atoms with E-state index < -0.39 is 0 Å². The average Bonchev–Trinajstić information content (AvgIpc) is 2.91. The van der Waals surface area contributed by atoms with Crippen LogP contribution in [0.4, 0.5) is 0 Å². The Morgan fingerprint density at radius 1 is 0.378 bits per heavy atom. The zero-order valence-corrected chi connectivity index (χ0v) is 24.8. The summed E-state index contributed by atoms with van der Waals surface area (Å²) in [4.78, 5) is 0. The van der Waals surface area contributed by atoms with Crippen molar-refractivity contribution in [3.63, 3.8) is 0 Å². The smallest absolute Gasteiger partial charge is 0.0701 e. The number of ether oxygens (including phenoxy) is 4. The number of unbranched alkanes of at least 4 members (excludes halogenated alkanes) is 18. The Kier molecular flexibility index (Phi) is 35.5. The number of hydrogen-bond acceptors (Lipinski definition) is 6. The molecule has 0 saturated heterocycles. The van der Waals surface area contributed by atoms with Crippen molar-refractivity contribution in [2.24, 2.45) is 0 Å². The molecule has 0 aromatic rings. The summed E-state index contributed by atoms with van der Waals surface area (Å²) in [6.45, 7) is 8.86. The fourth-order valence-corrected chi connectivity index (χ4v) is 4.42. The molecule has 0 unspecified atom stereocenters. The minimum absolute atomic E-state index is 0.0538. The summed E-state index contributed by atoms with van der Waals surface area (Å²) < 4.78 is 21.5. The van der Waals surface area contributed by atoms with Crippen LogP contribution in [0.25, 0.3) is 0 Å². The van der Waals surface area contributed by atoms with Crippen LogP contribution in [0.2, 0.25) is 0 Å². The van der Waals surface area contributed by atoms with E-state index in [1.54, 1.807) is 0 Å². The van der Waals surface area contributed by atoms with Crippen molar-refractivity contribution in [2.75, 3.05) is 72.6 Å². The Morgan fingerprint density at radius 3 is 1.08 bits per heavy atom. The van der Waals surface area contributed by atoms with Crippen molar-refractivity contribution in [1.82, 2.24) is 5.32 Å². The van der Waals surface area contributed by atoms with Crippen molar-refractivity contribution in [3.8, 4) is 0 Å². The summed E-state index contributed by atoms with van der Waals surface area (Å²) in [7, 11) is 0. The fourth-order valence-electron chi connectivity index (χ4n) is 4.42. The Bertz CT molecular complexity index is 353. The Morgan fingerprint density at radius 2 is 0.703 bits per heavy atom. The summed E-state index contributed by atoms with van der Waals surface area (Å²) in [5.41, 5.74) is 0. The molecule has 6 heteroatoms. The summed E-state index contributed by atoms with van der Waals surface area (Å²) in [5.74, 6) is 0. The van der Waals surface area contributed by atoms with Crippen molar-refractivity contribution in [1.29, 1.82) is 0 Å². The molecule has 0 aliphatic rings. The van der Waals surface area contributed by atoms with Gasteiger partial charge in [0.15, 0.2) is 0 Å². The summed E-state index contributed by atoms with van der Waals surface area (Å²) >= 11 is 0. The highest BCUT2D eigenvalue weighted by atomic mass is 16.6. The molecule has 224 valence electrons. The number of aliphatic hydroxyl groups excluding tert-OH is 1. The molecule has 0 aliphatic heterocycles. The van der Waals surface area contributed by atoms with Crippen LogP contribution < -0.4 is 5.32 Å². The predicted molar refractivity (Wildman–Crippen MR) is 157 cm³/mol.